The number of benzene rings is 6. The number of hydrogen-bond acceptors (Lipinski definition) is 21. The highest BCUT2D eigenvalue weighted by atomic mass is 35.5. The van der Waals surface area contributed by atoms with Crippen LogP contribution >= 0.6 is 34.3 Å². The first-order valence-electron chi connectivity index (χ1n) is 27.1. The van der Waals surface area contributed by atoms with E-state index in [1.165, 1.54) is 89.4 Å². The molecular formula is C60H63ClN10O16S4. The highest BCUT2D eigenvalue weighted by Gasteiger charge is 2.29. The number of carbonyl (C=O) groups excluding carboxylic acids is 4. The smallest absolute Gasteiger partial charge is 0.417 e. The summed E-state index contributed by atoms with van der Waals surface area (Å²) in [7, 11) is -7.89. The first kappa shape index (κ1) is 70.7. The Labute approximate surface area is 536 Å². The Balaban J connectivity index is 0.000000249. The van der Waals surface area contributed by atoms with Gasteiger partial charge in [0.05, 0.1) is 41.6 Å². The number of carbonyl (C=O) groups is 4. The quantitative estimate of drug-likeness (QED) is 0.0213. The number of nitrogens with one attached hydrogen (secondary N) is 5. The molecule has 0 radical (unpaired) electrons. The number of nitro groups is 2. The second-order valence-corrected chi connectivity index (χ2v) is 27.6. The molecule has 8 rings (SSSR count). The predicted octanol–water partition coefficient (Wildman–Crippen LogP) is 14.5. The van der Waals surface area contributed by atoms with Gasteiger partial charge in [-0.3, -0.25) is 36.2 Å². The zero-order valence-electron chi connectivity index (χ0n) is 50.4. The molecule has 0 aliphatic heterocycles. The molecule has 0 bridgehead atoms. The largest absolute Gasteiger partial charge is 0.447 e. The molecule has 0 saturated carbocycles. The van der Waals surface area contributed by atoms with Gasteiger partial charge in [-0.05, 0) is 166 Å². The summed E-state index contributed by atoms with van der Waals surface area (Å²) in [5, 5.41) is 30.2. The van der Waals surface area contributed by atoms with Gasteiger partial charge in [0.25, 0.3) is 11.4 Å². The van der Waals surface area contributed by atoms with E-state index in [1.54, 1.807) is 136 Å². The van der Waals surface area contributed by atoms with E-state index in [0.29, 0.717) is 48.0 Å². The molecule has 3 amide bonds. The topological polar surface area (TPSA) is 372 Å². The molecule has 0 saturated heterocycles. The second kappa shape index (κ2) is 30.4. The van der Waals surface area contributed by atoms with Crippen LogP contribution in [0, 0.1) is 20.2 Å². The van der Waals surface area contributed by atoms with Gasteiger partial charge in [0.1, 0.15) is 21.5 Å². The number of sulfonamides is 2. The molecule has 6 aromatic carbocycles. The van der Waals surface area contributed by atoms with E-state index in [2.05, 4.69) is 40.1 Å². The number of non-ortho nitro benzene ring substituents is 2. The minimum atomic E-state index is -4.09. The van der Waals surface area contributed by atoms with Crippen molar-refractivity contribution in [3.8, 4) is 53.5 Å². The van der Waals surface area contributed by atoms with E-state index in [1.807, 2.05) is 12.1 Å². The number of ether oxygens (including phenoxy) is 4. The van der Waals surface area contributed by atoms with Crippen LogP contribution in [0.25, 0.3) is 42.0 Å². The SMILES string of the molecule is CC(C)OC(=O)Nc1ccc(-c2ncc(-c3ccc(N)cc3S(=O)(=O)NC(C)(C)C)s2)cc1.CC(C)OC(=O)Nc1ccc(-c2ncc(-c3ccc(NC(=O)Oc4ccc([N+](=O)[O-])cc4)cc3S(=O)(=O)NC(C)(C)C)s2)cc1.O=C(Cl)Oc1ccc([N+](=O)[O-])cc1. The molecule has 0 aliphatic carbocycles. The van der Waals surface area contributed by atoms with E-state index in [4.69, 9.17) is 31.5 Å². The number of amides is 3. The molecule has 91 heavy (non-hydrogen) atoms. The maximum atomic E-state index is 13.6. The first-order chi connectivity index (χ1) is 42.5. The van der Waals surface area contributed by atoms with Gasteiger partial charge in [-0.25, -0.2) is 55.4 Å². The Kier molecular flexibility index (Phi) is 23.6. The molecule has 0 fully saturated rings. The van der Waals surface area contributed by atoms with Crippen molar-refractivity contribution in [1.82, 2.24) is 19.4 Å². The first-order valence-corrected chi connectivity index (χ1v) is 32.1. The summed E-state index contributed by atoms with van der Waals surface area (Å²) in [6, 6.07) is 33.3. The van der Waals surface area contributed by atoms with Crippen LogP contribution in [0.5, 0.6) is 11.5 Å². The van der Waals surface area contributed by atoms with Crippen LogP contribution < -0.4 is 40.6 Å². The highest BCUT2D eigenvalue weighted by Crippen LogP contribution is 2.39. The molecule has 8 aromatic rings. The van der Waals surface area contributed by atoms with Crippen molar-refractivity contribution in [3.63, 3.8) is 0 Å². The van der Waals surface area contributed by atoms with Gasteiger partial charge in [-0.1, -0.05) is 12.1 Å². The Morgan fingerprint density at radius 2 is 0.890 bits per heavy atom. The number of nitrogens with zero attached hydrogens (tertiary/aromatic N) is 4. The average Bonchev–Trinajstić information content (AvgIpc) is 1.82. The van der Waals surface area contributed by atoms with Crippen molar-refractivity contribution in [1.29, 1.82) is 0 Å². The zero-order chi connectivity index (χ0) is 67.2. The minimum absolute atomic E-state index is 0.0634. The van der Waals surface area contributed by atoms with Gasteiger partial charge in [0, 0.05) is 104 Å². The zero-order valence-corrected chi connectivity index (χ0v) is 54.4. The normalized spacial score (nSPS) is 11.4. The molecule has 31 heteroatoms. The summed E-state index contributed by atoms with van der Waals surface area (Å²) < 4.78 is 78.3. The van der Waals surface area contributed by atoms with Crippen LogP contribution in [0.4, 0.5) is 53.3 Å². The minimum Gasteiger partial charge on any atom is -0.447 e. The van der Waals surface area contributed by atoms with Crippen LogP contribution in [-0.2, 0) is 29.5 Å². The van der Waals surface area contributed by atoms with Crippen molar-refractivity contribution in [2.75, 3.05) is 21.7 Å². The summed E-state index contributed by atoms with van der Waals surface area (Å²) in [6.07, 6.45) is 0.741. The lowest BCUT2D eigenvalue weighted by molar-refractivity contribution is -0.385. The number of anilines is 4. The number of aromatic nitrogens is 2. The third-order valence-corrected chi connectivity index (χ3v) is 17.0. The van der Waals surface area contributed by atoms with E-state index >= 15 is 0 Å². The Morgan fingerprint density at radius 3 is 1.26 bits per heavy atom. The van der Waals surface area contributed by atoms with E-state index < -0.39 is 64.7 Å². The Bertz CT molecular complexity index is 4150. The third-order valence-electron chi connectivity index (χ3n) is 11.2. The van der Waals surface area contributed by atoms with E-state index in [9.17, 15) is 56.2 Å². The van der Waals surface area contributed by atoms with Crippen molar-refractivity contribution in [2.45, 2.75) is 102 Å². The molecule has 0 unspecified atom stereocenters. The van der Waals surface area contributed by atoms with Crippen LogP contribution in [0.1, 0.15) is 69.2 Å². The molecule has 26 nitrogen and oxygen atoms in total. The van der Waals surface area contributed by atoms with Gasteiger partial charge in [-0.15, -0.1) is 22.7 Å². The fourth-order valence-electron chi connectivity index (χ4n) is 7.70. The third kappa shape index (κ3) is 21.9. The van der Waals surface area contributed by atoms with E-state index in [0.717, 1.165) is 11.1 Å². The number of nitro benzene ring substituents is 2. The lowest BCUT2D eigenvalue weighted by Gasteiger charge is -2.22. The average molecular weight is 1340 g/mol. The Morgan fingerprint density at radius 1 is 0.527 bits per heavy atom. The van der Waals surface area contributed by atoms with Gasteiger partial charge >= 0.3 is 23.7 Å². The number of halogens is 1. The summed E-state index contributed by atoms with van der Waals surface area (Å²) in [6.45, 7) is 17.5. The summed E-state index contributed by atoms with van der Waals surface area (Å²) >= 11 is 7.55. The highest BCUT2D eigenvalue weighted by molar-refractivity contribution is 7.90. The maximum Gasteiger partial charge on any atom is 0.417 e. The number of rotatable bonds is 17. The van der Waals surface area contributed by atoms with Crippen LogP contribution in [0.3, 0.4) is 0 Å². The van der Waals surface area contributed by atoms with Crippen molar-refractivity contribution in [2.24, 2.45) is 0 Å². The molecule has 2 aromatic heterocycles. The van der Waals surface area contributed by atoms with Crippen molar-refractivity contribution in [3.05, 3.63) is 166 Å². The van der Waals surface area contributed by atoms with Crippen LogP contribution in [-0.4, -0.2) is 83.6 Å². The molecule has 7 N–H and O–H groups in total. The van der Waals surface area contributed by atoms with Gasteiger partial charge < -0.3 is 24.7 Å². The van der Waals surface area contributed by atoms with Crippen molar-refractivity contribution < 1.29 is 64.8 Å². The fraction of sp³-hybridized carbons (Fsp3) is 0.233. The number of thiazole rings is 2. The number of nitrogens with two attached hydrogens (primary N) is 1. The molecule has 2 heterocycles. The molecule has 0 spiro atoms. The van der Waals surface area contributed by atoms with Gasteiger partial charge in [-0.2, -0.15) is 0 Å². The number of hydrogen-bond donors (Lipinski definition) is 6. The molecule has 0 aliphatic rings. The number of nitrogen functional groups attached to an aromatic ring is 1. The lowest BCUT2D eigenvalue weighted by Crippen LogP contribution is -2.40. The summed E-state index contributed by atoms with van der Waals surface area (Å²) in [4.78, 5) is 76.6. The van der Waals surface area contributed by atoms with E-state index in [-0.39, 0.29) is 50.6 Å². The van der Waals surface area contributed by atoms with Crippen LogP contribution in [0.15, 0.2) is 156 Å². The summed E-state index contributed by atoms with van der Waals surface area (Å²) in [5.41, 5.74) is 7.35. The second-order valence-electron chi connectivity index (χ2n) is 21.9. The van der Waals surface area contributed by atoms with Crippen LogP contribution in [0.2, 0.25) is 0 Å². The van der Waals surface area contributed by atoms with Gasteiger partial charge in [0.15, 0.2) is 0 Å². The predicted molar refractivity (Wildman–Crippen MR) is 349 cm³/mol. The monoisotopic (exact) mass is 1340 g/mol. The molecular weight excluding hydrogens is 1280 g/mol. The maximum absolute atomic E-state index is 13.6. The van der Waals surface area contributed by atoms with Gasteiger partial charge in [0.2, 0.25) is 20.0 Å². The summed E-state index contributed by atoms with van der Waals surface area (Å²) in [5.74, 6) is 0.235. The lowest BCUT2D eigenvalue weighted by atomic mass is 10.1. The fourth-order valence-corrected chi connectivity index (χ4v) is 13.2. The Hall–Kier alpha value is -9.43. The molecule has 0 atom stereocenters. The van der Waals surface area contributed by atoms with Crippen molar-refractivity contribution >= 4 is 112 Å². The molecule has 480 valence electrons. The standard InChI is InChI=1S/C30H31N5O8S2.C23H28N4O4S2.C7H4ClNO4/c1-18(2)42-28(36)32-20-8-6-19(7-9-20)27-31-17-25(44-27)24-15-10-21(16-26(24)45(40,41)34-30(3,4)5)33-29(37)43-23-13-11-22(12-14-23)35(38)39;1-14(2)31-22(28)26-17-9-6-15(7-10-17)21-25-13-19(32-21)18-11-8-16(24)12-20(18)33(29,30)27-23(3,4)5;8-7(10)13-6-3-1-5(2-4-6)9(11)12/h6-18,34H,1-5H3,(H,32,36)(H,33,37);6-14,27H,24H2,1-5H3,(H,26,28);1-4H.